The molecule has 0 aliphatic carbocycles. The zero-order valence-corrected chi connectivity index (χ0v) is 12.5. The van der Waals surface area contributed by atoms with Gasteiger partial charge in [0, 0.05) is 25.7 Å². The molecule has 4 nitrogen and oxygen atoms in total. The summed E-state index contributed by atoms with van der Waals surface area (Å²) in [6.45, 7) is 9.70. The van der Waals surface area contributed by atoms with E-state index < -0.39 is 9.84 Å². The minimum Gasteiger partial charge on any atom is -0.329 e. The quantitative estimate of drug-likeness (QED) is 0.681. The third-order valence-corrected chi connectivity index (χ3v) is 5.44. The Labute approximate surface area is 106 Å². The summed E-state index contributed by atoms with van der Waals surface area (Å²) in [7, 11) is -2.94. The van der Waals surface area contributed by atoms with Gasteiger partial charge in [0.1, 0.15) is 0 Å². The predicted molar refractivity (Wildman–Crippen MR) is 73.9 cm³/mol. The molecule has 0 saturated heterocycles. The second kappa shape index (κ2) is 8.06. The van der Waals surface area contributed by atoms with Gasteiger partial charge in [0.15, 0.2) is 9.84 Å². The van der Waals surface area contributed by atoms with Crippen molar-refractivity contribution in [2.45, 2.75) is 51.8 Å². The maximum Gasteiger partial charge on any atom is 0.153 e. The normalized spacial score (nSPS) is 12.9. The van der Waals surface area contributed by atoms with Gasteiger partial charge in [-0.15, -0.1) is 0 Å². The Balaban J connectivity index is 4.46. The average molecular weight is 264 g/mol. The van der Waals surface area contributed by atoms with E-state index >= 15 is 0 Å². The molecule has 0 spiro atoms. The van der Waals surface area contributed by atoms with Crippen LogP contribution in [0.3, 0.4) is 0 Å². The van der Waals surface area contributed by atoms with Gasteiger partial charge in [-0.3, -0.25) is 4.90 Å². The van der Waals surface area contributed by atoms with Gasteiger partial charge in [0.05, 0.1) is 11.0 Å². The van der Waals surface area contributed by atoms with E-state index in [1.54, 1.807) is 13.8 Å². The summed E-state index contributed by atoms with van der Waals surface area (Å²) >= 11 is 0. The molecule has 0 aliphatic heterocycles. The van der Waals surface area contributed by atoms with E-state index in [2.05, 4.69) is 18.7 Å². The Morgan fingerprint density at radius 1 is 1.12 bits per heavy atom. The van der Waals surface area contributed by atoms with E-state index in [9.17, 15) is 8.42 Å². The number of hydrogen-bond acceptors (Lipinski definition) is 4. The Hall–Kier alpha value is -0.130. The van der Waals surface area contributed by atoms with Crippen molar-refractivity contribution in [3.63, 3.8) is 0 Å². The third-order valence-electron chi connectivity index (χ3n) is 3.26. The summed E-state index contributed by atoms with van der Waals surface area (Å²) in [6, 6.07) is 0.445. The van der Waals surface area contributed by atoms with Crippen LogP contribution in [0.5, 0.6) is 0 Å². The highest BCUT2D eigenvalue weighted by Gasteiger charge is 2.20. The zero-order valence-electron chi connectivity index (χ0n) is 11.6. The summed E-state index contributed by atoms with van der Waals surface area (Å²) in [5.41, 5.74) is 5.58. The number of nitrogens with zero attached hydrogens (tertiary/aromatic N) is 1. The zero-order chi connectivity index (χ0) is 13.5. The lowest BCUT2D eigenvalue weighted by Gasteiger charge is -2.30. The summed E-state index contributed by atoms with van der Waals surface area (Å²) in [4.78, 5) is 2.21. The fraction of sp³-hybridized carbons (Fsp3) is 1.00. The van der Waals surface area contributed by atoms with E-state index in [1.165, 1.54) is 0 Å². The van der Waals surface area contributed by atoms with Crippen LogP contribution in [0, 0.1) is 0 Å². The van der Waals surface area contributed by atoms with Crippen molar-refractivity contribution < 1.29 is 8.42 Å². The van der Waals surface area contributed by atoms with Crippen LogP contribution in [0.2, 0.25) is 0 Å². The molecule has 0 fully saturated rings. The summed E-state index contributed by atoms with van der Waals surface area (Å²) < 4.78 is 23.6. The van der Waals surface area contributed by atoms with Crippen LogP contribution in [-0.2, 0) is 9.84 Å². The largest absolute Gasteiger partial charge is 0.329 e. The van der Waals surface area contributed by atoms with Crippen LogP contribution in [0.4, 0.5) is 0 Å². The molecule has 0 unspecified atom stereocenters. The molecule has 2 N–H and O–H groups in total. The van der Waals surface area contributed by atoms with Crippen molar-refractivity contribution >= 4 is 9.84 Å². The molecule has 5 heteroatoms. The topological polar surface area (TPSA) is 63.4 Å². The van der Waals surface area contributed by atoms with Crippen LogP contribution in [-0.4, -0.2) is 50.0 Å². The average Bonchev–Trinajstić information content (AvgIpc) is 2.27. The smallest absolute Gasteiger partial charge is 0.153 e. The minimum absolute atomic E-state index is 0.237. The fourth-order valence-corrected chi connectivity index (χ4v) is 2.89. The lowest BCUT2D eigenvalue weighted by molar-refractivity contribution is 0.202. The van der Waals surface area contributed by atoms with Gasteiger partial charge >= 0.3 is 0 Å². The van der Waals surface area contributed by atoms with E-state index in [0.717, 1.165) is 19.4 Å². The third kappa shape index (κ3) is 5.84. The summed E-state index contributed by atoms with van der Waals surface area (Å²) in [5.74, 6) is 0.237. The first kappa shape index (κ1) is 16.9. The lowest BCUT2D eigenvalue weighted by atomic mass is 10.1. The minimum atomic E-state index is -2.94. The van der Waals surface area contributed by atoms with Gasteiger partial charge in [-0.2, -0.15) is 0 Å². The maximum absolute atomic E-state index is 11.8. The van der Waals surface area contributed by atoms with Crippen molar-refractivity contribution in [1.82, 2.24) is 4.90 Å². The van der Waals surface area contributed by atoms with Gasteiger partial charge in [-0.05, 0) is 26.7 Å². The Bertz CT molecular complexity index is 285. The molecule has 0 saturated carbocycles. The van der Waals surface area contributed by atoms with Crippen LogP contribution < -0.4 is 5.73 Å². The molecular weight excluding hydrogens is 236 g/mol. The molecule has 0 radical (unpaired) electrons. The van der Waals surface area contributed by atoms with Gasteiger partial charge in [0.2, 0.25) is 0 Å². The van der Waals surface area contributed by atoms with E-state index in [4.69, 9.17) is 5.73 Å². The van der Waals surface area contributed by atoms with Crippen molar-refractivity contribution in [3.05, 3.63) is 0 Å². The highest BCUT2D eigenvalue weighted by atomic mass is 32.2. The van der Waals surface area contributed by atoms with Crippen LogP contribution in [0.1, 0.15) is 40.5 Å². The molecule has 0 amide bonds. The van der Waals surface area contributed by atoms with E-state index in [-0.39, 0.29) is 11.0 Å². The van der Waals surface area contributed by atoms with Crippen LogP contribution >= 0.6 is 0 Å². The molecule has 0 rings (SSSR count). The predicted octanol–water partition coefficient (Wildman–Crippen LogP) is 1.26. The second-order valence-corrected chi connectivity index (χ2v) is 7.39. The van der Waals surface area contributed by atoms with Crippen molar-refractivity contribution in [3.8, 4) is 0 Å². The lowest BCUT2D eigenvalue weighted by Crippen LogP contribution is -2.41. The van der Waals surface area contributed by atoms with Crippen molar-refractivity contribution in [2.75, 3.05) is 25.4 Å². The molecule has 0 atom stereocenters. The Kier molecular flexibility index (Phi) is 8.00. The number of hydrogen-bond donors (Lipinski definition) is 1. The molecule has 0 aliphatic rings. The van der Waals surface area contributed by atoms with Gasteiger partial charge < -0.3 is 5.73 Å². The fourth-order valence-electron chi connectivity index (χ4n) is 1.93. The first-order valence-electron chi connectivity index (χ1n) is 6.54. The SMILES string of the molecule is CCC(CC)N(CCN)CCS(=O)(=O)C(C)C. The Morgan fingerprint density at radius 3 is 2.00 bits per heavy atom. The van der Waals surface area contributed by atoms with E-state index in [1.807, 2.05) is 0 Å². The summed E-state index contributed by atoms with van der Waals surface area (Å²) in [5, 5.41) is -0.288. The highest BCUT2D eigenvalue weighted by molar-refractivity contribution is 7.92. The monoisotopic (exact) mass is 264 g/mol. The Morgan fingerprint density at radius 2 is 1.65 bits per heavy atom. The van der Waals surface area contributed by atoms with Crippen molar-refractivity contribution in [2.24, 2.45) is 5.73 Å². The van der Waals surface area contributed by atoms with Gasteiger partial charge in [-0.1, -0.05) is 13.8 Å². The number of nitrogens with two attached hydrogens (primary N) is 1. The van der Waals surface area contributed by atoms with Gasteiger partial charge in [0.25, 0.3) is 0 Å². The molecule has 17 heavy (non-hydrogen) atoms. The molecule has 0 aromatic heterocycles. The molecule has 0 aromatic carbocycles. The number of sulfone groups is 1. The maximum atomic E-state index is 11.8. The first-order valence-corrected chi connectivity index (χ1v) is 8.26. The first-order chi connectivity index (χ1) is 7.88. The van der Waals surface area contributed by atoms with Crippen LogP contribution in [0.15, 0.2) is 0 Å². The van der Waals surface area contributed by atoms with Crippen molar-refractivity contribution in [1.29, 1.82) is 0 Å². The molecule has 0 bridgehead atoms. The summed E-state index contributed by atoms with van der Waals surface area (Å²) in [6.07, 6.45) is 2.08. The second-order valence-electron chi connectivity index (χ2n) is 4.71. The molecule has 0 aromatic rings. The van der Waals surface area contributed by atoms with Gasteiger partial charge in [-0.25, -0.2) is 8.42 Å². The molecule has 104 valence electrons. The highest BCUT2D eigenvalue weighted by Crippen LogP contribution is 2.09. The molecular formula is C12H28N2O2S. The number of rotatable bonds is 9. The standard InChI is InChI=1S/C12H28N2O2S/c1-5-12(6-2)14(8-7-13)9-10-17(15,16)11(3)4/h11-12H,5-10,13H2,1-4H3. The van der Waals surface area contributed by atoms with Crippen LogP contribution in [0.25, 0.3) is 0 Å². The molecule has 0 heterocycles. The van der Waals surface area contributed by atoms with E-state index in [0.29, 0.717) is 19.1 Å².